The van der Waals surface area contributed by atoms with Crippen LogP contribution in [-0.4, -0.2) is 16.0 Å². The zero-order valence-corrected chi connectivity index (χ0v) is 14.2. The van der Waals surface area contributed by atoms with Gasteiger partial charge >= 0.3 is 6.18 Å². The number of benzene rings is 2. The van der Waals surface area contributed by atoms with E-state index < -0.39 is 17.5 Å². The molecule has 0 bridgehead atoms. The second kappa shape index (κ2) is 7.57. The molecule has 0 aliphatic carbocycles. The van der Waals surface area contributed by atoms with Crippen LogP contribution in [0.25, 0.3) is 11.1 Å². The highest BCUT2D eigenvalue weighted by Gasteiger charge is 2.31. The highest BCUT2D eigenvalue weighted by Crippen LogP contribution is 2.32. The molecule has 130 valence electrons. The zero-order valence-electron chi connectivity index (χ0n) is 12.6. The van der Waals surface area contributed by atoms with Gasteiger partial charge in [-0.25, -0.2) is 0 Å². The second-order valence-electron chi connectivity index (χ2n) is 5.00. The summed E-state index contributed by atoms with van der Waals surface area (Å²) in [6.45, 7) is 0. The summed E-state index contributed by atoms with van der Waals surface area (Å²) in [5.41, 5.74) is -1.26. The molecule has 0 unspecified atom stereocenters. The van der Waals surface area contributed by atoms with E-state index in [4.69, 9.17) is 0 Å². The van der Waals surface area contributed by atoms with Gasteiger partial charge in [-0.15, -0.1) is 0 Å². The summed E-state index contributed by atoms with van der Waals surface area (Å²) >= 11 is 3.23. The summed E-state index contributed by atoms with van der Waals surface area (Å²) in [5.74, 6) is -0.817. The van der Waals surface area contributed by atoms with Crippen molar-refractivity contribution >= 4 is 32.9 Å². The molecule has 0 amide bonds. The molecule has 2 N–H and O–H groups in total. The molecule has 25 heavy (non-hydrogen) atoms. The van der Waals surface area contributed by atoms with Gasteiger partial charge in [-0.05, 0) is 35.4 Å². The van der Waals surface area contributed by atoms with E-state index in [2.05, 4.69) is 15.9 Å². The van der Waals surface area contributed by atoms with Crippen molar-refractivity contribution in [2.24, 2.45) is 0 Å². The summed E-state index contributed by atoms with van der Waals surface area (Å²) in [6, 6.07) is 10.5. The minimum atomic E-state index is -4.58. The molecular formula is C18H12BrF3O3. The number of halogens is 4. The third kappa shape index (κ3) is 4.30. The van der Waals surface area contributed by atoms with Crippen LogP contribution < -0.4 is 0 Å². The van der Waals surface area contributed by atoms with Crippen molar-refractivity contribution in [3.05, 3.63) is 82.2 Å². The van der Waals surface area contributed by atoms with Gasteiger partial charge in [0.25, 0.3) is 0 Å². The topological polar surface area (TPSA) is 57.5 Å². The monoisotopic (exact) mass is 412 g/mol. The molecule has 0 atom stereocenters. The normalized spacial score (nSPS) is 13.0. The summed E-state index contributed by atoms with van der Waals surface area (Å²) in [4.78, 5) is 12.6. The number of carbonyl (C=O) groups is 1. The van der Waals surface area contributed by atoms with Crippen molar-refractivity contribution in [1.29, 1.82) is 0 Å². The van der Waals surface area contributed by atoms with Gasteiger partial charge in [-0.3, -0.25) is 4.79 Å². The second-order valence-corrected chi connectivity index (χ2v) is 5.92. The molecule has 0 spiro atoms. The SMILES string of the molecule is O=C(C(=CO)c1cccc(Br)c1)C(=CO)c1cccc(C(F)(F)F)c1. The van der Waals surface area contributed by atoms with E-state index in [9.17, 15) is 28.2 Å². The number of hydrogen-bond acceptors (Lipinski definition) is 3. The molecule has 0 heterocycles. The fraction of sp³-hybridized carbons (Fsp3) is 0.0556. The van der Waals surface area contributed by atoms with E-state index in [0.29, 0.717) is 22.6 Å². The first-order valence-electron chi connectivity index (χ1n) is 6.95. The maximum Gasteiger partial charge on any atom is 0.416 e. The summed E-state index contributed by atoms with van der Waals surface area (Å²) in [5, 5.41) is 18.8. The lowest BCUT2D eigenvalue weighted by Gasteiger charge is -2.12. The first-order valence-corrected chi connectivity index (χ1v) is 7.74. The van der Waals surface area contributed by atoms with Gasteiger partial charge < -0.3 is 10.2 Å². The molecular weight excluding hydrogens is 401 g/mol. The van der Waals surface area contributed by atoms with Crippen LogP contribution >= 0.6 is 15.9 Å². The van der Waals surface area contributed by atoms with Gasteiger partial charge in [0.1, 0.15) is 0 Å². The Morgan fingerprint density at radius 3 is 1.92 bits per heavy atom. The summed E-state index contributed by atoms with van der Waals surface area (Å²) < 4.78 is 39.2. The molecule has 0 aliphatic rings. The number of rotatable bonds is 4. The fourth-order valence-corrected chi connectivity index (χ4v) is 2.59. The number of carbonyl (C=O) groups excluding carboxylic acids is 1. The lowest BCUT2D eigenvalue weighted by molar-refractivity contribution is -0.137. The molecule has 3 nitrogen and oxygen atoms in total. The van der Waals surface area contributed by atoms with Gasteiger partial charge in [0.05, 0.1) is 29.2 Å². The van der Waals surface area contributed by atoms with E-state index >= 15 is 0 Å². The highest BCUT2D eigenvalue weighted by atomic mass is 79.9. The van der Waals surface area contributed by atoms with Crippen LogP contribution in [-0.2, 0) is 11.0 Å². The molecule has 0 saturated carbocycles. The fourth-order valence-electron chi connectivity index (χ4n) is 2.19. The van der Waals surface area contributed by atoms with E-state index in [1.807, 2.05) is 0 Å². The first-order chi connectivity index (χ1) is 11.8. The van der Waals surface area contributed by atoms with Crippen molar-refractivity contribution in [3.8, 4) is 0 Å². The highest BCUT2D eigenvalue weighted by molar-refractivity contribution is 9.10. The Hall–Kier alpha value is -2.54. The van der Waals surface area contributed by atoms with E-state index in [1.54, 1.807) is 24.3 Å². The standard InChI is InChI=1S/C18H12BrF3O3/c19-14-6-2-4-12(8-14)16(10-24)17(25)15(9-23)11-3-1-5-13(7-11)18(20,21)22/h1-10,23-24H. The number of aliphatic hydroxyl groups excluding tert-OH is 2. The maximum atomic E-state index is 12.8. The number of allylic oxidation sites excluding steroid dienone is 2. The van der Waals surface area contributed by atoms with Crippen molar-refractivity contribution in [2.75, 3.05) is 0 Å². The van der Waals surface area contributed by atoms with Gasteiger partial charge in [-0.2, -0.15) is 13.2 Å². The van der Waals surface area contributed by atoms with E-state index in [-0.39, 0.29) is 16.7 Å². The van der Waals surface area contributed by atoms with E-state index in [1.165, 1.54) is 6.07 Å². The van der Waals surface area contributed by atoms with Gasteiger partial charge in [-0.1, -0.05) is 40.2 Å². The Labute approximate surface area is 149 Å². The summed E-state index contributed by atoms with van der Waals surface area (Å²) in [6.07, 6.45) is -3.60. The van der Waals surface area contributed by atoms with Crippen LogP contribution in [0.4, 0.5) is 13.2 Å². The third-order valence-electron chi connectivity index (χ3n) is 3.38. The van der Waals surface area contributed by atoms with Crippen LogP contribution in [0.2, 0.25) is 0 Å². The zero-order chi connectivity index (χ0) is 18.6. The van der Waals surface area contributed by atoms with Crippen molar-refractivity contribution < 1.29 is 28.2 Å². The predicted octanol–water partition coefficient (Wildman–Crippen LogP) is 5.54. The molecule has 0 aliphatic heterocycles. The number of aliphatic hydroxyl groups is 2. The van der Waals surface area contributed by atoms with Gasteiger partial charge in [0, 0.05) is 4.47 Å². The Bertz CT molecular complexity index is 855. The van der Waals surface area contributed by atoms with Crippen LogP contribution in [0.15, 0.2) is 65.5 Å². The molecule has 2 aromatic rings. The van der Waals surface area contributed by atoms with Crippen LogP contribution in [0.5, 0.6) is 0 Å². The molecule has 2 rings (SSSR count). The largest absolute Gasteiger partial charge is 0.515 e. The smallest absolute Gasteiger partial charge is 0.416 e. The van der Waals surface area contributed by atoms with Crippen LogP contribution in [0.3, 0.4) is 0 Å². The van der Waals surface area contributed by atoms with Crippen molar-refractivity contribution in [1.82, 2.24) is 0 Å². The minimum Gasteiger partial charge on any atom is -0.515 e. The molecule has 0 aromatic heterocycles. The van der Waals surface area contributed by atoms with Gasteiger partial charge in [0.2, 0.25) is 0 Å². The average Bonchev–Trinajstić information content (AvgIpc) is 2.56. The molecule has 2 aromatic carbocycles. The maximum absolute atomic E-state index is 12.8. The third-order valence-corrected chi connectivity index (χ3v) is 3.88. The number of ketones is 1. The Kier molecular flexibility index (Phi) is 5.69. The quantitative estimate of drug-likeness (QED) is 0.512. The minimum absolute atomic E-state index is 0.114. The van der Waals surface area contributed by atoms with Crippen molar-refractivity contribution in [3.63, 3.8) is 0 Å². The van der Waals surface area contributed by atoms with Crippen molar-refractivity contribution in [2.45, 2.75) is 6.18 Å². The predicted molar refractivity (Wildman–Crippen MR) is 91.8 cm³/mol. The number of Topliss-reactive ketones (excluding diaryl/α,β-unsaturated/α-hetero) is 1. The molecule has 0 radical (unpaired) electrons. The average molecular weight is 413 g/mol. The number of hydrogen-bond donors (Lipinski definition) is 2. The Balaban J connectivity index is 2.46. The number of alkyl halides is 3. The molecule has 0 fully saturated rings. The molecule has 0 saturated heterocycles. The first kappa shape index (κ1) is 18.8. The Morgan fingerprint density at radius 2 is 1.44 bits per heavy atom. The van der Waals surface area contributed by atoms with Gasteiger partial charge in [0.15, 0.2) is 5.78 Å². The summed E-state index contributed by atoms with van der Waals surface area (Å²) in [7, 11) is 0. The lowest BCUT2D eigenvalue weighted by atomic mass is 9.93. The van der Waals surface area contributed by atoms with Crippen LogP contribution in [0, 0.1) is 0 Å². The molecule has 7 heteroatoms. The lowest BCUT2D eigenvalue weighted by Crippen LogP contribution is -2.09. The van der Waals surface area contributed by atoms with E-state index in [0.717, 1.165) is 18.2 Å². The Morgan fingerprint density at radius 1 is 0.920 bits per heavy atom. The van der Waals surface area contributed by atoms with Crippen LogP contribution in [0.1, 0.15) is 16.7 Å².